The highest BCUT2D eigenvalue weighted by atomic mass is 32.1. The van der Waals surface area contributed by atoms with E-state index >= 15 is 0 Å². The van der Waals surface area contributed by atoms with E-state index in [0.29, 0.717) is 0 Å². The zero-order valence-electron chi connectivity index (χ0n) is 14.7. The van der Waals surface area contributed by atoms with E-state index in [1.165, 1.54) is 20.5 Å². The van der Waals surface area contributed by atoms with Crippen LogP contribution >= 0.6 is 11.3 Å². The van der Waals surface area contributed by atoms with E-state index in [1.807, 2.05) is 6.07 Å². The number of hydrogen-bond acceptors (Lipinski definition) is 6. The second-order valence-electron chi connectivity index (χ2n) is 6.50. The number of hydrogen-bond donors (Lipinski definition) is 0. The minimum absolute atomic E-state index is 0.0809. The highest BCUT2D eigenvalue weighted by molar-refractivity contribution is 7.22. The molecule has 0 unspecified atom stereocenters. The zero-order chi connectivity index (χ0) is 17.6. The van der Waals surface area contributed by atoms with E-state index in [-0.39, 0.29) is 5.56 Å². The van der Waals surface area contributed by atoms with E-state index in [0.717, 1.165) is 42.6 Å². The van der Waals surface area contributed by atoms with Gasteiger partial charge in [-0.25, -0.2) is 9.67 Å². The molecule has 0 radical (unpaired) electrons. The van der Waals surface area contributed by atoms with Crippen molar-refractivity contribution in [3.8, 4) is 0 Å². The highest BCUT2D eigenvalue weighted by Gasteiger charge is 2.21. The molecule has 25 heavy (non-hydrogen) atoms. The number of anilines is 2. The maximum atomic E-state index is 11.5. The normalized spacial score (nSPS) is 15.2. The van der Waals surface area contributed by atoms with Gasteiger partial charge in [-0.15, -0.1) is 0 Å². The molecule has 1 aromatic carbocycles. The molecule has 0 N–H and O–H groups in total. The monoisotopic (exact) mass is 355 g/mol. The molecule has 3 aromatic rings. The fourth-order valence-electron chi connectivity index (χ4n) is 3.17. The summed E-state index contributed by atoms with van der Waals surface area (Å²) in [7, 11) is 1.69. The molecular formula is C18H21N5OS. The molecule has 2 aromatic heterocycles. The van der Waals surface area contributed by atoms with Gasteiger partial charge in [0.25, 0.3) is 5.56 Å². The van der Waals surface area contributed by atoms with E-state index in [1.54, 1.807) is 24.5 Å². The fraction of sp³-hybridized carbons (Fsp3) is 0.389. The van der Waals surface area contributed by atoms with Gasteiger partial charge in [0.1, 0.15) is 5.82 Å². The predicted molar refractivity (Wildman–Crippen MR) is 103 cm³/mol. The topological polar surface area (TPSA) is 54.3 Å². The van der Waals surface area contributed by atoms with Gasteiger partial charge in [0, 0.05) is 39.3 Å². The summed E-state index contributed by atoms with van der Waals surface area (Å²) in [4.78, 5) is 21.0. The number of nitrogens with zero attached hydrogens (tertiary/aromatic N) is 5. The molecule has 130 valence electrons. The van der Waals surface area contributed by atoms with Crippen LogP contribution in [-0.2, 0) is 7.05 Å². The van der Waals surface area contributed by atoms with Gasteiger partial charge in [-0.2, -0.15) is 5.10 Å². The molecule has 3 heterocycles. The quantitative estimate of drug-likeness (QED) is 0.706. The van der Waals surface area contributed by atoms with E-state index in [2.05, 4.69) is 40.9 Å². The molecule has 6 nitrogen and oxygen atoms in total. The Bertz CT molecular complexity index is 946. The van der Waals surface area contributed by atoms with Crippen molar-refractivity contribution >= 4 is 32.5 Å². The molecule has 1 aliphatic rings. The van der Waals surface area contributed by atoms with Crippen molar-refractivity contribution < 1.29 is 0 Å². The van der Waals surface area contributed by atoms with Gasteiger partial charge in [0.2, 0.25) is 0 Å². The summed E-state index contributed by atoms with van der Waals surface area (Å²) in [6.07, 6.45) is 0. The Morgan fingerprint density at radius 1 is 0.960 bits per heavy atom. The first-order chi connectivity index (χ1) is 12.0. The summed E-state index contributed by atoms with van der Waals surface area (Å²) in [6.45, 7) is 7.82. The third-order valence-electron chi connectivity index (χ3n) is 4.75. The van der Waals surface area contributed by atoms with Gasteiger partial charge in [-0.05, 0) is 31.0 Å². The van der Waals surface area contributed by atoms with E-state index < -0.39 is 0 Å². The number of aryl methyl sites for hydroxylation is 3. The van der Waals surface area contributed by atoms with Crippen LogP contribution in [0.1, 0.15) is 11.1 Å². The van der Waals surface area contributed by atoms with Crippen LogP contribution in [0.2, 0.25) is 0 Å². The molecule has 7 heteroatoms. The maximum absolute atomic E-state index is 11.5. The summed E-state index contributed by atoms with van der Waals surface area (Å²) in [6, 6.07) is 7.70. The standard InChI is InChI=1S/C18H21N5OS/c1-12-4-5-13(2)17-16(12)19-18(25-17)23-10-8-22(9-11-23)14-6-7-15(24)21(3)20-14/h4-7H,8-11H2,1-3H3. The van der Waals surface area contributed by atoms with Gasteiger partial charge < -0.3 is 9.80 Å². The van der Waals surface area contributed by atoms with Crippen LogP contribution in [0.4, 0.5) is 10.9 Å². The van der Waals surface area contributed by atoms with Crippen molar-refractivity contribution in [1.82, 2.24) is 14.8 Å². The van der Waals surface area contributed by atoms with Crippen LogP contribution in [0.3, 0.4) is 0 Å². The second-order valence-corrected chi connectivity index (χ2v) is 7.48. The Labute approximate surface area is 150 Å². The van der Waals surface area contributed by atoms with Crippen LogP contribution in [0, 0.1) is 13.8 Å². The lowest BCUT2D eigenvalue weighted by atomic mass is 10.1. The van der Waals surface area contributed by atoms with Crippen molar-refractivity contribution in [1.29, 1.82) is 0 Å². The van der Waals surface area contributed by atoms with Crippen molar-refractivity contribution in [2.75, 3.05) is 36.0 Å². The maximum Gasteiger partial charge on any atom is 0.266 e. The van der Waals surface area contributed by atoms with Crippen molar-refractivity contribution in [3.05, 3.63) is 45.7 Å². The molecule has 4 rings (SSSR count). The minimum Gasteiger partial charge on any atom is -0.352 e. The first-order valence-corrected chi connectivity index (χ1v) is 9.25. The van der Waals surface area contributed by atoms with E-state index in [4.69, 9.17) is 4.98 Å². The van der Waals surface area contributed by atoms with Crippen LogP contribution in [-0.4, -0.2) is 40.9 Å². The second kappa shape index (κ2) is 6.15. The van der Waals surface area contributed by atoms with Crippen molar-refractivity contribution in [2.24, 2.45) is 7.05 Å². The smallest absolute Gasteiger partial charge is 0.266 e. The van der Waals surface area contributed by atoms with Crippen LogP contribution in [0.25, 0.3) is 10.2 Å². The number of fused-ring (bicyclic) bond motifs is 1. The van der Waals surface area contributed by atoms with Crippen molar-refractivity contribution in [3.63, 3.8) is 0 Å². The number of aromatic nitrogens is 3. The number of thiazole rings is 1. The number of benzene rings is 1. The SMILES string of the molecule is Cc1ccc(C)c2sc(N3CCN(c4ccc(=O)n(C)n4)CC3)nc12. The molecule has 0 amide bonds. The lowest BCUT2D eigenvalue weighted by Crippen LogP contribution is -2.47. The molecule has 0 atom stereocenters. The minimum atomic E-state index is -0.0809. The molecule has 0 bridgehead atoms. The third kappa shape index (κ3) is 2.89. The van der Waals surface area contributed by atoms with Gasteiger partial charge in [0.15, 0.2) is 5.13 Å². The third-order valence-corrected chi connectivity index (χ3v) is 6.00. The predicted octanol–water partition coefficient (Wildman–Crippen LogP) is 2.33. The molecule has 0 saturated carbocycles. The molecular weight excluding hydrogens is 334 g/mol. The lowest BCUT2D eigenvalue weighted by molar-refractivity contribution is 0.623. The molecule has 0 spiro atoms. The Morgan fingerprint density at radius 3 is 2.32 bits per heavy atom. The van der Waals surface area contributed by atoms with Gasteiger partial charge in [-0.3, -0.25) is 4.79 Å². The Hall–Kier alpha value is -2.41. The van der Waals surface area contributed by atoms with Crippen molar-refractivity contribution in [2.45, 2.75) is 13.8 Å². The molecule has 1 fully saturated rings. The number of rotatable bonds is 2. The zero-order valence-corrected chi connectivity index (χ0v) is 15.5. The van der Waals surface area contributed by atoms with Crippen LogP contribution in [0.5, 0.6) is 0 Å². The van der Waals surface area contributed by atoms with Gasteiger partial charge in [0.05, 0.1) is 10.2 Å². The first-order valence-electron chi connectivity index (χ1n) is 8.44. The van der Waals surface area contributed by atoms with Crippen LogP contribution in [0.15, 0.2) is 29.1 Å². The molecule has 1 aliphatic heterocycles. The summed E-state index contributed by atoms with van der Waals surface area (Å²) in [5.74, 6) is 0.859. The van der Waals surface area contributed by atoms with Gasteiger partial charge in [-0.1, -0.05) is 23.5 Å². The summed E-state index contributed by atoms with van der Waals surface area (Å²) >= 11 is 1.78. The first kappa shape index (κ1) is 16.1. The highest BCUT2D eigenvalue weighted by Crippen LogP contribution is 2.33. The summed E-state index contributed by atoms with van der Waals surface area (Å²) in [5.41, 5.74) is 3.57. The fourth-order valence-corrected chi connectivity index (χ4v) is 4.33. The Balaban J connectivity index is 1.54. The molecule has 1 saturated heterocycles. The lowest BCUT2D eigenvalue weighted by Gasteiger charge is -2.35. The summed E-state index contributed by atoms with van der Waals surface area (Å²) < 4.78 is 2.68. The number of piperazine rings is 1. The Morgan fingerprint density at radius 2 is 1.64 bits per heavy atom. The average molecular weight is 355 g/mol. The largest absolute Gasteiger partial charge is 0.352 e. The Kier molecular flexibility index (Phi) is 3.95. The summed E-state index contributed by atoms with van der Waals surface area (Å²) in [5, 5.41) is 5.45. The molecule has 0 aliphatic carbocycles. The van der Waals surface area contributed by atoms with Crippen LogP contribution < -0.4 is 15.4 Å². The van der Waals surface area contributed by atoms with Gasteiger partial charge >= 0.3 is 0 Å². The van der Waals surface area contributed by atoms with E-state index in [9.17, 15) is 4.79 Å². The average Bonchev–Trinajstić information content (AvgIpc) is 3.08.